The number of amides is 1. The first-order valence-electron chi connectivity index (χ1n) is 7.67. The van der Waals surface area contributed by atoms with Crippen LogP contribution in [0.3, 0.4) is 0 Å². The highest BCUT2D eigenvalue weighted by Crippen LogP contribution is 2.13. The van der Waals surface area contributed by atoms with Gasteiger partial charge >= 0.3 is 5.69 Å². The lowest BCUT2D eigenvalue weighted by Gasteiger charge is -2.11. The van der Waals surface area contributed by atoms with Crippen molar-refractivity contribution in [3.63, 3.8) is 0 Å². The summed E-state index contributed by atoms with van der Waals surface area (Å²) >= 11 is 1.61. The van der Waals surface area contributed by atoms with Gasteiger partial charge in [0.05, 0.1) is 0 Å². The molecule has 3 rings (SSSR count). The molecule has 0 aliphatic carbocycles. The lowest BCUT2D eigenvalue weighted by atomic mass is 10.2. The van der Waals surface area contributed by atoms with Crippen LogP contribution in [0.5, 0.6) is 0 Å². The number of nitrogens with one attached hydrogen (secondary N) is 1. The minimum atomic E-state index is -0.677. The zero-order valence-corrected chi connectivity index (χ0v) is 13.8. The first-order valence-corrected chi connectivity index (χ1v) is 8.55. The number of thiophene rings is 1. The molecule has 0 radical (unpaired) electrons. The van der Waals surface area contributed by atoms with E-state index in [0.717, 1.165) is 15.9 Å². The maximum atomic E-state index is 12.4. The lowest BCUT2D eigenvalue weighted by Crippen LogP contribution is -2.45. The van der Waals surface area contributed by atoms with E-state index in [0.29, 0.717) is 31.6 Å². The van der Waals surface area contributed by atoms with Crippen LogP contribution in [-0.4, -0.2) is 21.6 Å². The van der Waals surface area contributed by atoms with Crippen molar-refractivity contribution >= 4 is 17.2 Å². The third-order valence-electron chi connectivity index (χ3n) is 4.02. The van der Waals surface area contributed by atoms with Gasteiger partial charge in [0.1, 0.15) is 18.2 Å². The van der Waals surface area contributed by atoms with Gasteiger partial charge in [-0.2, -0.15) is 5.26 Å². The summed E-state index contributed by atoms with van der Waals surface area (Å²) in [5.74, 6) is -0.409. The van der Waals surface area contributed by atoms with Gasteiger partial charge in [-0.15, -0.1) is 11.3 Å². The summed E-state index contributed by atoms with van der Waals surface area (Å²) in [6.07, 6.45) is 1.96. The first-order chi connectivity index (χ1) is 11.6. The largest absolute Gasteiger partial charge is 0.354 e. The van der Waals surface area contributed by atoms with Gasteiger partial charge in [0.25, 0.3) is 5.56 Å². The average molecular weight is 344 g/mol. The highest BCUT2D eigenvalue weighted by Gasteiger charge is 2.23. The Hall–Kier alpha value is -2.66. The molecule has 0 spiro atoms. The van der Waals surface area contributed by atoms with Crippen LogP contribution in [0.25, 0.3) is 0 Å². The first kappa shape index (κ1) is 16.2. The molecule has 0 bridgehead atoms. The minimum absolute atomic E-state index is 0.0292. The van der Waals surface area contributed by atoms with Crippen molar-refractivity contribution in [3.8, 4) is 6.07 Å². The average Bonchev–Trinajstić information content (AvgIpc) is 3.23. The van der Waals surface area contributed by atoms with E-state index in [1.807, 2.05) is 23.6 Å². The number of nitriles is 1. The fourth-order valence-electron chi connectivity index (χ4n) is 2.87. The van der Waals surface area contributed by atoms with Gasteiger partial charge in [0, 0.05) is 23.7 Å². The number of nitrogens with zero attached hydrogens (tertiary/aromatic N) is 3. The molecule has 3 heterocycles. The Morgan fingerprint density at radius 1 is 1.42 bits per heavy atom. The second-order valence-corrected chi connectivity index (χ2v) is 6.57. The molecule has 0 saturated carbocycles. The minimum Gasteiger partial charge on any atom is -0.354 e. The van der Waals surface area contributed by atoms with Crippen LogP contribution in [-0.2, 0) is 30.7 Å². The predicted octanol–water partition coefficient (Wildman–Crippen LogP) is 0.248. The summed E-state index contributed by atoms with van der Waals surface area (Å²) in [5.41, 5.74) is -0.732. The Labute approximate surface area is 141 Å². The molecule has 1 N–H and O–H groups in total. The Morgan fingerprint density at radius 2 is 2.25 bits per heavy atom. The Bertz CT molecular complexity index is 919. The quantitative estimate of drug-likeness (QED) is 0.841. The van der Waals surface area contributed by atoms with E-state index in [1.165, 1.54) is 4.57 Å². The molecule has 0 unspecified atom stereocenters. The highest BCUT2D eigenvalue weighted by molar-refractivity contribution is 7.09. The normalized spacial score (nSPS) is 12.6. The number of carbonyl (C=O) groups is 1. The standard InChI is InChI=1S/C16H16N4O3S/c17-9-12-13-4-1-7-19(13)16(23)20(15(12)22)10-14(21)18-6-5-11-3-2-8-24-11/h2-3,8H,1,4-7,10H2,(H,18,21). The summed E-state index contributed by atoms with van der Waals surface area (Å²) in [6.45, 7) is 0.547. The van der Waals surface area contributed by atoms with Crippen LogP contribution in [0, 0.1) is 11.3 Å². The van der Waals surface area contributed by atoms with Crippen molar-refractivity contribution in [2.75, 3.05) is 6.54 Å². The number of carbonyl (C=O) groups excluding carboxylic acids is 1. The van der Waals surface area contributed by atoms with Gasteiger partial charge in [0.15, 0.2) is 0 Å². The number of fused-ring (bicyclic) bond motifs is 1. The number of hydrogen-bond acceptors (Lipinski definition) is 5. The monoisotopic (exact) mass is 344 g/mol. The topological polar surface area (TPSA) is 96.9 Å². The molecular weight excluding hydrogens is 328 g/mol. The molecule has 0 atom stereocenters. The maximum Gasteiger partial charge on any atom is 0.331 e. The summed E-state index contributed by atoms with van der Waals surface area (Å²) < 4.78 is 2.28. The molecule has 2 aromatic heterocycles. The van der Waals surface area contributed by atoms with Crippen LogP contribution in [0.1, 0.15) is 22.6 Å². The summed E-state index contributed by atoms with van der Waals surface area (Å²) in [7, 11) is 0. The molecule has 1 aliphatic rings. The number of rotatable bonds is 5. The van der Waals surface area contributed by atoms with Crippen LogP contribution >= 0.6 is 11.3 Å². The fourth-order valence-corrected chi connectivity index (χ4v) is 3.58. The second kappa shape index (κ2) is 6.84. The van der Waals surface area contributed by atoms with E-state index in [9.17, 15) is 19.6 Å². The molecule has 0 saturated heterocycles. The molecule has 7 nitrogen and oxygen atoms in total. The van der Waals surface area contributed by atoms with Gasteiger partial charge in [-0.1, -0.05) is 6.07 Å². The molecule has 0 aromatic carbocycles. The number of hydrogen-bond donors (Lipinski definition) is 1. The van der Waals surface area contributed by atoms with Crippen molar-refractivity contribution in [2.24, 2.45) is 0 Å². The smallest absolute Gasteiger partial charge is 0.331 e. The fraction of sp³-hybridized carbons (Fsp3) is 0.375. The van der Waals surface area contributed by atoms with Crippen molar-refractivity contribution < 1.29 is 4.79 Å². The maximum absolute atomic E-state index is 12.4. The van der Waals surface area contributed by atoms with Gasteiger partial charge < -0.3 is 5.32 Å². The van der Waals surface area contributed by atoms with E-state index in [1.54, 1.807) is 11.3 Å². The Morgan fingerprint density at radius 3 is 2.96 bits per heavy atom. The zero-order chi connectivity index (χ0) is 17.1. The number of aromatic nitrogens is 2. The van der Waals surface area contributed by atoms with E-state index >= 15 is 0 Å². The van der Waals surface area contributed by atoms with Gasteiger partial charge in [-0.25, -0.2) is 9.36 Å². The van der Waals surface area contributed by atoms with Crippen molar-refractivity contribution in [2.45, 2.75) is 32.4 Å². The van der Waals surface area contributed by atoms with E-state index in [-0.39, 0.29) is 12.1 Å². The molecule has 24 heavy (non-hydrogen) atoms. The molecule has 1 aliphatic heterocycles. The van der Waals surface area contributed by atoms with Crippen molar-refractivity contribution in [3.05, 3.63) is 54.5 Å². The van der Waals surface area contributed by atoms with Crippen molar-refractivity contribution in [1.29, 1.82) is 5.26 Å². The summed E-state index contributed by atoms with van der Waals surface area (Å²) in [4.78, 5) is 37.9. The van der Waals surface area contributed by atoms with Crippen LogP contribution in [0.15, 0.2) is 27.1 Å². The summed E-state index contributed by atoms with van der Waals surface area (Å²) in [6, 6.07) is 5.80. The molecular formula is C16H16N4O3S. The van der Waals surface area contributed by atoms with Crippen LogP contribution < -0.4 is 16.6 Å². The zero-order valence-electron chi connectivity index (χ0n) is 12.9. The SMILES string of the molecule is N#Cc1c2n(c(=O)n(CC(=O)NCCc3cccs3)c1=O)CCC2. The lowest BCUT2D eigenvalue weighted by molar-refractivity contribution is -0.121. The van der Waals surface area contributed by atoms with E-state index < -0.39 is 17.2 Å². The van der Waals surface area contributed by atoms with E-state index in [4.69, 9.17) is 0 Å². The molecule has 124 valence electrons. The highest BCUT2D eigenvalue weighted by atomic mass is 32.1. The Kier molecular flexibility index (Phi) is 4.62. The third kappa shape index (κ3) is 3.03. The molecule has 2 aromatic rings. The molecule has 0 fully saturated rings. The summed E-state index contributed by atoms with van der Waals surface area (Å²) in [5, 5.41) is 13.9. The van der Waals surface area contributed by atoms with Gasteiger partial charge in [-0.05, 0) is 30.7 Å². The van der Waals surface area contributed by atoms with Crippen molar-refractivity contribution in [1.82, 2.24) is 14.5 Å². The predicted molar refractivity (Wildman–Crippen MR) is 89.0 cm³/mol. The van der Waals surface area contributed by atoms with Gasteiger partial charge in [0.2, 0.25) is 5.91 Å². The van der Waals surface area contributed by atoms with Crippen LogP contribution in [0.2, 0.25) is 0 Å². The third-order valence-corrected chi connectivity index (χ3v) is 4.95. The second-order valence-electron chi connectivity index (χ2n) is 5.54. The Balaban J connectivity index is 1.75. The molecule has 1 amide bonds. The molecule has 8 heteroatoms. The van der Waals surface area contributed by atoms with Gasteiger partial charge in [-0.3, -0.25) is 14.2 Å². The van der Waals surface area contributed by atoms with E-state index in [2.05, 4.69) is 5.32 Å². The van der Waals surface area contributed by atoms with Crippen LogP contribution in [0.4, 0.5) is 0 Å².